The Morgan fingerprint density at radius 2 is 1.94 bits per heavy atom. The fourth-order valence-electron chi connectivity index (χ4n) is 2.21. The van der Waals surface area contributed by atoms with Crippen LogP contribution in [0.25, 0.3) is 0 Å². The Morgan fingerprint density at radius 3 is 2.61 bits per heavy atom. The molecule has 0 heterocycles. The van der Waals surface area contributed by atoms with Gasteiger partial charge in [0, 0.05) is 19.6 Å². The van der Waals surface area contributed by atoms with E-state index in [0.29, 0.717) is 13.0 Å². The minimum Gasteiger partial charge on any atom is -0.391 e. The first-order valence-electron chi connectivity index (χ1n) is 6.89. The smallest absolute Gasteiger partial charge is 0.279 e. The number of aliphatic hydroxyl groups excluding tert-OH is 1. The molecule has 1 aliphatic rings. The van der Waals surface area contributed by atoms with Crippen LogP contribution in [0.5, 0.6) is 0 Å². The third-order valence-corrected chi connectivity index (χ3v) is 5.12. The molecule has 0 bridgehead atoms. The van der Waals surface area contributed by atoms with Crippen LogP contribution in [0.2, 0.25) is 0 Å². The van der Waals surface area contributed by atoms with Crippen molar-refractivity contribution in [2.75, 3.05) is 13.6 Å². The number of nitrogens with one attached hydrogen (secondary N) is 1. The molecule has 0 aromatic rings. The van der Waals surface area contributed by atoms with Gasteiger partial charge in [-0.3, -0.25) is 0 Å². The highest BCUT2D eigenvalue weighted by atomic mass is 32.2. The third-order valence-electron chi connectivity index (χ3n) is 3.52. The van der Waals surface area contributed by atoms with Crippen molar-refractivity contribution in [2.45, 2.75) is 64.0 Å². The first-order chi connectivity index (χ1) is 8.47. The number of aliphatic hydroxyl groups is 1. The van der Waals surface area contributed by atoms with E-state index in [-0.39, 0.29) is 6.04 Å². The van der Waals surface area contributed by atoms with Gasteiger partial charge in [0.25, 0.3) is 10.2 Å². The van der Waals surface area contributed by atoms with E-state index in [4.69, 9.17) is 0 Å². The van der Waals surface area contributed by atoms with Crippen molar-refractivity contribution in [1.29, 1.82) is 0 Å². The zero-order valence-electron chi connectivity index (χ0n) is 11.4. The predicted octanol–water partition coefficient (Wildman–Crippen LogP) is 1.25. The van der Waals surface area contributed by atoms with Crippen LogP contribution in [-0.2, 0) is 10.2 Å². The van der Waals surface area contributed by atoms with Crippen LogP contribution in [0.1, 0.15) is 51.9 Å². The molecule has 2 unspecified atom stereocenters. The van der Waals surface area contributed by atoms with Crippen molar-refractivity contribution >= 4 is 10.2 Å². The summed E-state index contributed by atoms with van der Waals surface area (Å²) < 4.78 is 28.1. The Hall–Kier alpha value is -0.170. The van der Waals surface area contributed by atoms with Gasteiger partial charge in [-0.05, 0) is 19.3 Å². The van der Waals surface area contributed by atoms with Crippen LogP contribution in [-0.4, -0.2) is 43.6 Å². The van der Waals surface area contributed by atoms with Gasteiger partial charge in [0.15, 0.2) is 0 Å². The molecule has 2 atom stereocenters. The fourth-order valence-corrected chi connectivity index (χ4v) is 3.41. The lowest BCUT2D eigenvalue weighted by molar-refractivity contribution is 0.129. The Labute approximate surface area is 111 Å². The monoisotopic (exact) mass is 278 g/mol. The summed E-state index contributed by atoms with van der Waals surface area (Å²) in [6.07, 6.45) is 5.70. The minimum atomic E-state index is -3.46. The molecule has 5 nitrogen and oxygen atoms in total. The van der Waals surface area contributed by atoms with E-state index in [2.05, 4.69) is 4.72 Å². The first kappa shape index (κ1) is 15.9. The minimum absolute atomic E-state index is 0.332. The molecule has 0 saturated heterocycles. The maximum absolute atomic E-state index is 12.1. The second kappa shape index (κ2) is 7.43. The third kappa shape index (κ3) is 4.84. The summed E-state index contributed by atoms with van der Waals surface area (Å²) in [6.45, 7) is 2.55. The van der Waals surface area contributed by atoms with Crippen LogP contribution < -0.4 is 4.72 Å². The summed E-state index contributed by atoms with van der Waals surface area (Å²) in [7, 11) is -1.87. The highest BCUT2D eigenvalue weighted by Gasteiger charge is 2.27. The first-order valence-corrected chi connectivity index (χ1v) is 8.33. The van der Waals surface area contributed by atoms with Crippen LogP contribution in [0.15, 0.2) is 0 Å². The van der Waals surface area contributed by atoms with Crippen LogP contribution >= 0.6 is 0 Å². The summed E-state index contributed by atoms with van der Waals surface area (Å²) in [6, 6.07) is -0.332. The maximum atomic E-state index is 12.1. The summed E-state index contributed by atoms with van der Waals surface area (Å²) >= 11 is 0. The molecular weight excluding hydrogens is 252 g/mol. The average molecular weight is 278 g/mol. The highest BCUT2D eigenvalue weighted by molar-refractivity contribution is 7.87. The number of rotatable bonds is 6. The zero-order valence-corrected chi connectivity index (χ0v) is 12.2. The van der Waals surface area contributed by atoms with Crippen molar-refractivity contribution < 1.29 is 13.5 Å². The molecule has 1 rings (SSSR count). The Bertz CT molecular complexity index is 332. The van der Waals surface area contributed by atoms with Gasteiger partial charge in [0.2, 0.25) is 0 Å². The molecule has 0 aromatic heterocycles. The quantitative estimate of drug-likeness (QED) is 0.718. The van der Waals surface area contributed by atoms with Crippen molar-refractivity contribution in [3.05, 3.63) is 0 Å². The highest BCUT2D eigenvalue weighted by Crippen LogP contribution is 2.19. The number of unbranched alkanes of at least 4 members (excludes halogenated alkanes) is 1. The average Bonchev–Trinajstić information content (AvgIpc) is 2.51. The lowest BCUT2D eigenvalue weighted by Gasteiger charge is -2.25. The largest absolute Gasteiger partial charge is 0.391 e. The van der Waals surface area contributed by atoms with Crippen molar-refractivity contribution in [2.24, 2.45) is 0 Å². The summed E-state index contributed by atoms with van der Waals surface area (Å²) in [4.78, 5) is 0. The molecular formula is C12H26N2O3S. The van der Waals surface area contributed by atoms with E-state index in [1.54, 1.807) is 7.05 Å². The summed E-state index contributed by atoms with van der Waals surface area (Å²) in [5, 5.41) is 9.92. The Balaban J connectivity index is 2.57. The van der Waals surface area contributed by atoms with Crippen LogP contribution in [0.3, 0.4) is 0 Å². The van der Waals surface area contributed by atoms with Gasteiger partial charge in [-0.1, -0.05) is 32.6 Å². The molecule has 2 N–H and O–H groups in total. The van der Waals surface area contributed by atoms with Gasteiger partial charge in [-0.2, -0.15) is 17.4 Å². The van der Waals surface area contributed by atoms with Gasteiger partial charge in [-0.25, -0.2) is 0 Å². The summed E-state index contributed by atoms with van der Waals surface area (Å²) in [5.41, 5.74) is 0. The second-order valence-corrected chi connectivity index (χ2v) is 6.92. The molecule has 1 aliphatic carbocycles. The topological polar surface area (TPSA) is 69.6 Å². The number of nitrogens with zero attached hydrogens (tertiary/aromatic N) is 1. The molecule has 0 aliphatic heterocycles. The van der Waals surface area contributed by atoms with Gasteiger partial charge < -0.3 is 5.11 Å². The van der Waals surface area contributed by atoms with Crippen LogP contribution in [0.4, 0.5) is 0 Å². The standard InChI is InChI=1S/C12H26N2O3S/c1-3-4-10-14(2)18(16,17)13-11-8-6-5-7-9-12(11)15/h11-13,15H,3-10H2,1-2H3. The second-order valence-electron chi connectivity index (χ2n) is 5.11. The molecule has 1 saturated carbocycles. The predicted molar refractivity (Wildman–Crippen MR) is 72.5 cm³/mol. The van der Waals surface area contributed by atoms with Gasteiger partial charge in [0.05, 0.1) is 6.10 Å². The van der Waals surface area contributed by atoms with Crippen molar-refractivity contribution in [3.63, 3.8) is 0 Å². The zero-order chi connectivity index (χ0) is 13.6. The van der Waals surface area contributed by atoms with Crippen LogP contribution in [0, 0.1) is 0 Å². The van der Waals surface area contributed by atoms with E-state index in [9.17, 15) is 13.5 Å². The van der Waals surface area contributed by atoms with E-state index in [1.807, 2.05) is 6.92 Å². The van der Waals surface area contributed by atoms with Crippen molar-refractivity contribution in [3.8, 4) is 0 Å². The molecule has 0 aromatic carbocycles. The molecule has 0 amide bonds. The van der Waals surface area contributed by atoms with E-state index in [1.165, 1.54) is 4.31 Å². The lowest BCUT2D eigenvalue weighted by Crippen LogP contribution is -2.48. The van der Waals surface area contributed by atoms with E-state index >= 15 is 0 Å². The van der Waals surface area contributed by atoms with E-state index < -0.39 is 16.3 Å². The lowest BCUT2D eigenvalue weighted by atomic mass is 10.1. The Morgan fingerprint density at radius 1 is 1.28 bits per heavy atom. The summed E-state index contributed by atoms with van der Waals surface area (Å²) in [5.74, 6) is 0. The molecule has 108 valence electrons. The molecule has 18 heavy (non-hydrogen) atoms. The van der Waals surface area contributed by atoms with E-state index in [0.717, 1.165) is 38.5 Å². The normalized spacial score (nSPS) is 26.2. The molecule has 0 radical (unpaired) electrons. The number of hydrogen-bond donors (Lipinski definition) is 2. The molecule has 0 spiro atoms. The fraction of sp³-hybridized carbons (Fsp3) is 1.00. The van der Waals surface area contributed by atoms with Crippen molar-refractivity contribution in [1.82, 2.24) is 9.03 Å². The SMILES string of the molecule is CCCCN(C)S(=O)(=O)NC1CCCCCC1O. The van der Waals surface area contributed by atoms with Gasteiger partial charge >= 0.3 is 0 Å². The number of hydrogen-bond acceptors (Lipinski definition) is 3. The van der Waals surface area contributed by atoms with Gasteiger partial charge in [0.1, 0.15) is 0 Å². The maximum Gasteiger partial charge on any atom is 0.279 e. The van der Waals surface area contributed by atoms with Gasteiger partial charge in [-0.15, -0.1) is 0 Å². The molecule has 6 heteroatoms. The Kier molecular flexibility index (Phi) is 6.55. The molecule has 1 fully saturated rings.